The predicted molar refractivity (Wildman–Crippen MR) is 106 cm³/mol. The summed E-state index contributed by atoms with van der Waals surface area (Å²) in [5.41, 5.74) is 3.51. The second-order valence-corrected chi connectivity index (χ2v) is 7.41. The molecule has 0 bridgehead atoms. The van der Waals surface area contributed by atoms with Crippen LogP contribution >= 0.6 is 0 Å². The van der Waals surface area contributed by atoms with Crippen molar-refractivity contribution in [2.24, 2.45) is 5.92 Å². The molecule has 0 radical (unpaired) electrons. The standard InChI is InChI=1S/C21H30N4O2/c1-16-4-6-18(7-5-16)14-23-21(26)24-9-8-19(15-24)12-20-22-13-17(2)25(20)10-11-27-3/h4-7,13,19H,8-12,14-15H2,1-3H3,(H,23,26). The number of imidazole rings is 1. The van der Waals surface area contributed by atoms with Crippen molar-refractivity contribution in [3.05, 3.63) is 53.1 Å². The number of aryl methyl sites for hydroxylation is 2. The second kappa shape index (κ2) is 9.04. The highest BCUT2D eigenvalue weighted by Gasteiger charge is 2.27. The van der Waals surface area contributed by atoms with Crippen molar-refractivity contribution in [2.75, 3.05) is 26.8 Å². The van der Waals surface area contributed by atoms with Crippen molar-refractivity contribution < 1.29 is 9.53 Å². The Morgan fingerprint density at radius 2 is 2.07 bits per heavy atom. The Bertz CT molecular complexity index is 754. The molecule has 3 rings (SSSR count). The molecular formula is C21H30N4O2. The summed E-state index contributed by atoms with van der Waals surface area (Å²) in [7, 11) is 1.72. The molecule has 2 heterocycles. The number of methoxy groups -OCH3 is 1. The smallest absolute Gasteiger partial charge is 0.317 e. The van der Waals surface area contributed by atoms with Crippen LogP contribution in [0, 0.1) is 19.8 Å². The lowest BCUT2D eigenvalue weighted by Crippen LogP contribution is -2.38. The monoisotopic (exact) mass is 370 g/mol. The van der Waals surface area contributed by atoms with E-state index in [1.54, 1.807) is 7.11 Å². The zero-order valence-electron chi connectivity index (χ0n) is 16.6. The van der Waals surface area contributed by atoms with E-state index in [4.69, 9.17) is 4.74 Å². The van der Waals surface area contributed by atoms with E-state index in [-0.39, 0.29) is 6.03 Å². The molecular weight excluding hydrogens is 340 g/mol. The van der Waals surface area contributed by atoms with Crippen LogP contribution < -0.4 is 5.32 Å². The third kappa shape index (κ3) is 5.10. The van der Waals surface area contributed by atoms with Gasteiger partial charge in [-0.2, -0.15) is 0 Å². The molecule has 6 nitrogen and oxygen atoms in total. The van der Waals surface area contributed by atoms with Gasteiger partial charge < -0.3 is 19.5 Å². The fourth-order valence-electron chi connectivity index (χ4n) is 3.60. The molecule has 1 aromatic heterocycles. The molecule has 1 N–H and O–H groups in total. The number of hydrogen-bond acceptors (Lipinski definition) is 3. The van der Waals surface area contributed by atoms with E-state index in [2.05, 4.69) is 53.0 Å². The summed E-state index contributed by atoms with van der Waals surface area (Å²) < 4.78 is 7.43. The molecule has 1 unspecified atom stereocenters. The number of urea groups is 1. The predicted octanol–water partition coefficient (Wildman–Crippen LogP) is 2.92. The summed E-state index contributed by atoms with van der Waals surface area (Å²) in [5, 5.41) is 3.04. The van der Waals surface area contributed by atoms with Gasteiger partial charge in [0.25, 0.3) is 0 Å². The van der Waals surface area contributed by atoms with Crippen LogP contribution in [0.15, 0.2) is 30.5 Å². The van der Waals surface area contributed by atoms with Gasteiger partial charge in [-0.25, -0.2) is 9.78 Å². The highest BCUT2D eigenvalue weighted by atomic mass is 16.5. The van der Waals surface area contributed by atoms with E-state index < -0.39 is 0 Å². The number of nitrogens with one attached hydrogen (secondary N) is 1. The minimum absolute atomic E-state index is 0.0250. The molecule has 1 aliphatic heterocycles. The number of carbonyl (C=O) groups excluding carboxylic acids is 1. The summed E-state index contributed by atoms with van der Waals surface area (Å²) in [6.07, 6.45) is 3.85. The zero-order valence-corrected chi connectivity index (χ0v) is 16.6. The van der Waals surface area contributed by atoms with Crippen molar-refractivity contribution in [2.45, 2.75) is 39.8 Å². The van der Waals surface area contributed by atoms with Crippen LogP contribution in [0.5, 0.6) is 0 Å². The van der Waals surface area contributed by atoms with Crippen LogP contribution in [0.2, 0.25) is 0 Å². The molecule has 1 atom stereocenters. The SMILES string of the molecule is COCCn1c(C)cnc1CC1CCN(C(=O)NCc2ccc(C)cc2)C1. The molecule has 1 aliphatic rings. The molecule has 0 saturated carbocycles. The molecule has 0 aliphatic carbocycles. The molecule has 2 amide bonds. The quantitative estimate of drug-likeness (QED) is 0.815. The number of benzene rings is 1. The average Bonchev–Trinajstić information content (AvgIpc) is 3.27. The lowest BCUT2D eigenvalue weighted by Gasteiger charge is -2.18. The van der Waals surface area contributed by atoms with E-state index in [0.717, 1.165) is 49.6 Å². The maximum atomic E-state index is 12.5. The lowest BCUT2D eigenvalue weighted by atomic mass is 10.0. The number of rotatable bonds is 7. The van der Waals surface area contributed by atoms with Crippen LogP contribution in [0.3, 0.4) is 0 Å². The third-order valence-corrected chi connectivity index (χ3v) is 5.27. The Morgan fingerprint density at radius 3 is 2.81 bits per heavy atom. The first kappa shape index (κ1) is 19.4. The normalized spacial score (nSPS) is 16.7. The first-order valence-corrected chi connectivity index (χ1v) is 9.65. The van der Waals surface area contributed by atoms with Gasteiger partial charge in [0.2, 0.25) is 0 Å². The molecule has 1 aromatic carbocycles. The summed E-state index contributed by atoms with van der Waals surface area (Å²) in [5.74, 6) is 1.55. The van der Waals surface area contributed by atoms with Gasteiger partial charge in [0, 0.05) is 51.6 Å². The molecule has 0 spiro atoms. The number of nitrogens with zero attached hydrogens (tertiary/aromatic N) is 3. The molecule has 2 aromatic rings. The van der Waals surface area contributed by atoms with Crippen LogP contribution in [-0.4, -0.2) is 47.3 Å². The van der Waals surface area contributed by atoms with E-state index in [0.29, 0.717) is 19.1 Å². The Kier molecular flexibility index (Phi) is 6.50. The van der Waals surface area contributed by atoms with Gasteiger partial charge in [-0.15, -0.1) is 0 Å². The van der Waals surface area contributed by atoms with Crippen LogP contribution in [-0.2, 0) is 24.2 Å². The summed E-state index contributed by atoms with van der Waals surface area (Å²) in [4.78, 5) is 19.0. The largest absolute Gasteiger partial charge is 0.383 e. The second-order valence-electron chi connectivity index (χ2n) is 7.41. The summed E-state index contributed by atoms with van der Waals surface area (Å²) >= 11 is 0. The molecule has 1 fully saturated rings. The van der Waals surface area contributed by atoms with Crippen molar-refractivity contribution in [1.29, 1.82) is 0 Å². The van der Waals surface area contributed by atoms with Gasteiger partial charge in [-0.1, -0.05) is 29.8 Å². The van der Waals surface area contributed by atoms with Crippen molar-refractivity contribution in [1.82, 2.24) is 19.8 Å². The summed E-state index contributed by atoms with van der Waals surface area (Å²) in [6.45, 7) is 7.81. The van der Waals surface area contributed by atoms with Gasteiger partial charge in [0.05, 0.1) is 6.61 Å². The van der Waals surface area contributed by atoms with Crippen molar-refractivity contribution in [3.63, 3.8) is 0 Å². The van der Waals surface area contributed by atoms with Gasteiger partial charge in [0.1, 0.15) is 5.82 Å². The summed E-state index contributed by atoms with van der Waals surface area (Å²) in [6, 6.07) is 8.29. The van der Waals surface area contributed by atoms with E-state index in [1.165, 1.54) is 5.56 Å². The fraction of sp³-hybridized carbons (Fsp3) is 0.524. The number of aromatic nitrogens is 2. The van der Waals surface area contributed by atoms with Gasteiger partial charge in [-0.05, 0) is 31.7 Å². The van der Waals surface area contributed by atoms with E-state index in [1.807, 2.05) is 11.1 Å². The number of ether oxygens (including phenoxy) is 1. The van der Waals surface area contributed by atoms with Crippen LogP contribution in [0.25, 0.3) is 0 Å². The molecule has 27 heavy (non-hydrogen) atoms. The van der Waals surface area contributed by atoms with Gasteiger partial charge in [0.15, 0.2) is 0 Å². The van der Waals surface area contributed by atoms with Crippen LogP contribution in [0.1, 0.15) is 29.1 Å². The first-order valence-electron chi connectivity index (χ1n) is 9.65. The number of hydrogen-bond donors (Lipinski definition) is 1. The van der Waals surface area contributed by atoms with Crippen LogP contribution in [0.4, 0.5) is 4.79 Å². The maximum absolute atomic E-state index is 12.5. The highest BCUT2D eigenvalue weighted by Crippen LogP contribution is 2.21. The minimum Gasteiger partial charge on any atom is -0.383 e. The van der Waals surface area contributed by atoms with Gasteiger partial charge >= 0.3 is 6.03 Å². The average molecular weight is 370 g/mol. The zero-order chi connectivity index (χ0) is 19.2. The number of carbonyl (C=O) groups is 1. The minimum atomic E-state index is 0.0250. The Hall–Kier alpha value is -2.34. The third-order valence-electron chi connectivity index (χ3n) is 5.27. The fourth-order valence-corrected chi connectivity index (χ4v) is 3.60. The maximum Gasteiger partial charge on any atom is 0.317 e. The van der Waals surface area contributed by atoms with Crippen molar-refractivity contribution in [3.8, 4) is 0 Å². The topological polar surface area (TPSA) is 59.4 Å². The van der Waals surface area contributed by atoms with Crippen molar-refractivity contribution >= 4 is 6.03 Å². The Labute approximate surface area is 161 Å². The first-order chi connectivity index (χ1) is 13.1. The number of amides is 2. The number of likely N-dealkylation sites (tertiary alicyclic amines) is 1. The molecule has 6 heteroatoms. The highest BCUT2D eigenvalue weighted by molar-refractivity contribution is 5.74. The lowest BCUT2D eigenvalue weighted by molar-refractivity contribution is 0.185. The van der Waals surface area contributed by atoms with E-state index >= 15 is 0 Å². The molecule has 1 saturated heterocycles. The Morgan fingerprint density at radius 1 is 1.30 bits per heavy atom. The molecule has 146 valence electrons. The Balaban J connectivity index is 1.49. The van der Waals surface area contributed by atoms with E-state index in [9.17, 15) is 4.79 Å². The van der Waals surface area contributed by atoms with Gasteiger partial charge in [-0.3, -0.25) is 0 Å².